The number of hydrogen-bond donors (Lipinski definition) is 1. The molecule has 0 saturated carbocycles. The molecule has 0 spiro atoms. The van der Waals surface area contributed by atoms with Crippen LogP contribution in [0.5, 0.6) is 5.75 Å². The van der Waals surface area contributed by atoms with E-state index in [0.717, 1.165) is 32.5 Å². The van der Waals surface area contributed by atoms with Gasteiger partial charge in [-0.05, 0) is 63.4 Å². The number of rotatable bonds is 5. The minimum absolute atomic E-state index is 0.0903. The second-order valence-electron chi connectivity index (χ2n) is 8.30. The molecule has 1 N–H and O–H groups in total. The first-order chi connectivity index (χ1) is 13.3. The average Bonchev–Trinajstić information content (AvgIpc) is 2.64. The van der Waals surface area contributed by atoms with E-state index in [-0.39, 0.29) is 17.6 Å². The topological polar surface area (TPSA) is 54.5 Å². The van der Waals surface area contributed by atoms with Crippen LogP contribution in [0.1, 0.15) is 49.5 Å². The molecule has 1 aromatic carbocycles. The standard InChI is InChI=1S/C22H28ClN3O2/c1-22(2,3)25-21(27)19-13-17(23)6-7-20(19)28-18-8-11-26(12-9-18)15-16-5-4-10-24-14-16/h4-7,10,13-14,18H,8-9,11-12,15H2,1-3H3,(H,25,27). The summed E-state index contributed by atoms with van der Waals surface area (Å²) in [6.07, 6.45) is 5.64. The van der Waals surface area contributed by atoms with Crippen molar-refractivity contribution >= 4 is 17.5 Å². The highest BCUT2D eigenvalue weighted by atomic mass is 35.5. The monoisotopic (exact) mass is 401 g/mol. The largest absolute Gasteiger partial charge is 0.489 e. The first kappa shape index (κ1) is 20.6. The Morgan fingerprint density at radius 2 is 2.04 bits per heavy atom. The molecular formula is C22H28ClN3O2. The number of likely N-dealkylation sites (tertiary alicyclic amines) is 1. The van der Waals surface area contributed by atoms with Gasteiger partial charge in [-0.25, -0.2) is 0 Å². The van der Waals surface area contributed by atoms with Crippen LogP contribution in [0.15, 0.2) is 42.7 Å². The van der Waals surface area contributed by atoms with Crippen molar-refractivity contribution in [2.75, 3.05) is 13.1 Å². The fraction of sp³-hybridized carbons (Fsp3) is 0.455. The van der Waals surface area contributed by atoms with E-state index in [1.165, 1.54) is 5.56 Å². The van der Waals surface area contributed by atoms with E-state index >= 15 is 0 Å². The fourth-order valence-electron chi connectivity index (χ4n) is 3.30. The van der Waals surface area contributed by atoms with Gasteiger partial charge >= 0.3 is 0 Å². The maximum absolute atomic E-state index is 12.7. The Morgan fingerprint density at radius 3 is 2.68 bits per heavy atom. The number of nitrogens with zero attached hydrogens (tertiary/aromatic N) is 2. The number of carbonyl (C=O) groups is 1. The summed E-state index contributed by atoms with van der Waals surface area (Å²) in [5, 5.41) is 3.51. The summed E-state index contributed by atoms with van der Waals surface area (Å²) in [6, 6.07) is 9.30. The highest BCUT2D eigenvalue weighted by Crippen LogP contribution is 2.27. The second-order valence-corrected chi connectivity index (χ2v) is 8.74. The number of benzene rings is 1. The predicted octanol–water partition coefficient (Wildman–Crippen LogP) is 4.31. The average molecular weight is 402 g/mol. The van der Waals surface area contributed by atoms with E-state index in [1.807, 2.05) is 33.0 Å². The molecule has 3 rings (SSSR count). The van der Waals surface area contributed by atoms with E-state index in [4.69, 9.17) is 16.3 Å². The van der Waals surface area contributed by atoms with Crippen LogP contribution in [0, 0.1) is 0 Å². The molecule has 2 aromatic rings. The molecule has 2 heterocycles. The van der Waals surface area contributed by atoms with Crippen LogP contribution in [0.4, 0.5) is 0 Å². The van der Waals surface area contributed by atoms with Crippen LogP contribution >= 0.6 is 11.6 Å². The Balaban J connectivity index is 1.61. The van der Waals surface area contributed by atoms with E-state index in [0.29, 0.717) is 16.3 Å². The number of pyridine rings is 1. The van der Waals surface area contributed by atoms with Gasteiger partial charge in [-0.15, -0.1) is 0 Å². The molecule has 0 bridgehead atoms. The van der Waals surface area contributed by atoms with Gasteiger partial charge in [-0.3, -0.25) is 14.7 Å². The van der Waals surface area contributed by atoms with Gasteiger partial charge in [0, 0.05) is 42.6 Å². The lowest BCUT2D eigenvalue weighted by Crippen LogP contribution is -2.41. The first-order valence-corrected chi connectivity index (χ1v) is 10.1. The molecule has 1 amide bonds. The van der Waals surface area contributed by atoms with Gasteiger partial charge in [0.05, 0.1) is 5.56 Å². The zero-order valence-electron chi connectivity index (χ0n) is 16.7. The number of nitrogens with one attached hydrogen (secondary N) is 1. The van der Waals surface area contributed by atoms with Crippen LogP contribution in [0.3, 0.4) is 0 Å². The van der Waals surface area contributed by atoms with E-state index in [2.05, 4.69) is 21.3 Å². The molecule has 1 aliphatic rings. The maximum Gasteiger partial charge on any atom is 0.255 e. The van der Waals surface area contributed by atoms with Crippen molar-refractivity contribution in [1.29, 1.82) is 0 Å². The minimum Gasteiger partial charge on any atom is -0.489 e. The first-order valence-electron chi connectivity index (χ1n) is 9.70. The SMILES string of the molecule is CC(C)(C)NC(=O)c1cc(Cl)ccc1OC1CCN(Cc2cccnc2)CC1. The number of carbonyl (C=O) groups excluding carboxylic acids is 1. The smallest absolute Gasteiger partial charge is 0.255 e. The van der Waals surface area contributed by atoms with Gasteiger partial charge in [0.2, 0.25) is 0 Å². The third-order valence-corrected chi connectivity index (χ3v) is 4.87. The summed E-state index contributed by atoms with van der Waals surface area (Å²) < 4.78 is 6.22. The summed E-state index contributed by atoms with van der Waals surface area (Å²) in [5.74, 6) is 0.427. The quantitative estimate of drug-likeness (QED) is 0.811. The molecule has 6 heteroatoms. The van der Waals surface area contributed by atoms with Crippen molar-refractivity contribution in [3.05, 3.63) is 58.9 Å². The lowest BCUT2D eigenvalue weighted by Gasteiger charge is -2.32. The van der Waals surface area contributed by atoms with E-state index in [1.54, 1.807) is 24.4 Å². The predicted molar refractivity (Wildman–Crippen MR) is 112 cm³/mol. The summed E-state index contributed by atoms with van der Waals surface area (Å²) in [4.78, 5) is 19.3. The second kappa shape index (κ2) is 8.93. The van der Waals surface area contributed by atoms with E-state index in [9.17, 15) is 4.79 Å². The van der Waals surface area contributed by atoms with Crippen LogP contribution < -0.4 is 10.1 Å². The van der Waals surface area contributed by atoms with Crippen LogP contribution in [-0.4, -0.2) is 40.5 Å². The highest BCUT2D eigenvalue weighted by molar-refractivity contribution is 6.31. The molecule has 28 heavy (non-hydrogen) atoms. The van der Waals surface area contributed by atoms with Gasteiger partial charge in [0.15, 0.2) is 0 Å². The summed E-state index contributed by atoms with van der Waals surface area (Å²) in [5.41, 5.74) is 1.38. The lowest BCUT2D eigenvalue weighted by atomic mass is 10.1. The van der Waals surface area contributed by atoms with Crippen LogP contribution in [0.25, 0.3) is 0 Å². The molecule has 1 fully saturated rings. The Hall–Kier alpha value is -2.11. The Kier molecular flexibility index (Phi) is 6.57. The molecule has 150 valence electrons. The third-order valence-electron chi connectivity index (χ3n) is 4.63. The molecule has 0 radical (unpaired) electrons. The number of halogens is 1. The number of piperidine rings is 1. The molecule has 5 nitrogen and oxygen atoms in total. The van der Waals surface area contributed by atoms with Gasteiger partial charge in [-0.2, -0.15) is 0 Å². The molecule has 1 saturated heterocycles. The Labute approximate surface area is 172 Å². The number of amides is 1. The molecule has 0 aliphatic carbocycles. The third kappa shape index (κ3) is 5.94. The molecule has 0 unspecified atom stereocenters. The van der Waals surface area contributed by atoms with Crippen molar-refractivity contribution in [3.63, 3.8) is 0 Å². The van der Waals surface area contributed by atoms with Crippen molar-refractivity contribution in [2.24, 2.45) is 0 Å². The van der Waals surface area contributed by atoms with Crippen molar-refractivity contribution < 1.29 is 9.53 Å². The Morgan fingerprint density at radius 1 is 1.29 bits per heavy atom. The number of ether oxygens (including phenoxy) is 1. The lowest BCUT2D eigenvalue weighted by molar-refractivity contribution is 0.0870. The zero-order chi connectivity index (χ0) is 20.1. The van der Waals surface area contributed by atoms with Crippen molar-refractivity contribution in [1.82, 2.24) is 15.2 Å². The molecule has 1 aromatic heterocycles. The maximum atomic E-state index is 12.7. The summed E-state index contributed by atoms with van der Waals surface area (Å²) in [6.45, 7) is 8.67. The summed E-state index contributed by atoms with van der Waals surface area (Å²) >= 11 is 6.12. The number of aromatic nitrogens is 1. The van der Waals surface area contributed by atoms with Gasteiger partial charge < -0.3 is 10.1 Å². The van der Waals surface area contributed by atoms with Crippen LogP contribution in [-0.2, 0) is 6.54 Å². The van der Waals surface area contributed by atoms with Crippen molar-refractivity contribution in [2.45, 2.75) is 51.8 Å². The fourth-order valence-corrected chi connectivity index (χ4v) is 3.48. The van der Waals surface area contributed by atoms with Gasteiger partial charge in [-0.1, -0.05) is 17.7 Å². The molecular weight excluding hydrogens is 374 g/mol. The van der Waals surface area contributed by atoms with E-state index < -0.39 is 0 Å². The molecule has 1 aliphatic heterocycles. The normalized spacial score (nSPS) is 16.0. The Bertz CT molecular complexity index is 797. The summed E-state index contributed by atoms with van der Waals surface area (Å²) in [7, 11) is 0. The highest BCUT2D eigenvalue weighted by Gasteiger charge is 2.24. The zero-order valence-corrected chi connectivity index (χ0v) is 17.5. The van der Waals surface area contributed by atoms with Gasteiger partial charge in [0.25, 0.3) is 5.91 Å². The van der Waals surface area contributed by atoms with Crippen molar-refractivity contribution in [3.8, 4) is 5.75 Å². The minimum atomic E-state index is -0.325. The molecule has 0 atom stereocenters. The van der Waals surface area contributed by atoms with Crippen LogP contribution in [0.2, 0.25) is 5.02 Å². The number of hydrogen-bond acceptors (Lipinski definition) is 4. The van der Waals surface area contributed by atoms with Gasteiger partial charge in [0.1, 0.15) is 11.9 Å².